The second kappa shape index (κ2) is 4.83. The summed E-state index contributed by atoms with van der Waals surface area (Å²) in [6.45, 7) is 0.00658. The number of phenolic OH excluding ortho intramolecular Hbond substituents is 1. The number of aliphatic hydroxyl groups excluding tert-OH is 1. The Balaban J connectivity index is 2.88. The van der Waals surface area contributed by atoms with Gasteiger partial charge < -0.3 is 20.7 Å². The summed E-state index contributed by atoms with van der Waals surface area (Å²) in [4.78, 5) is 0. The van der Waals surface area contributed by atoms with E-state index < -0.39 is 0 Å². The van der Waals surface area contributed by atoms with Gasteiger partial charge in [0.1, 0.15) is 11.5 Å². The van der Waals surface area contributed by atoms with E-state index in [1.165, 1.54) is 13.2 Å². The fraction of sp³-hybridized carbons (Fsp3) is 0.400. The summed E-state index contributed by atoms with van der Waals surface area (Å²) >= 11 is 0. The number of phenols is 1. The maximum atomic E-state index is 9.58. The quantitative estimate of drug-likeness (QED) is 0.666. The fourth-order valence-corrected chi connectivity index (χ4v) is 1.26. The molecule has 14 heavy (non-hydrogen) atoms. The first-order chi connectivity index (χ1) is 6.69. The summed E-state index contributed by atoms with van der Waals surface area (Å²) < 4.78 is 4.94. The number of nitrogens with two attached hydrogens (primary N) is 1. The van der Waals surface area contributed by atoms with Crippen molar-refractivity contribution in [2.24, 2.45) is 5.73 Å². The van der Waals surface area contributed by atoms with E-state index >= 15 is 0 Å². The summed E-state index contributed by atoms with van der Waals surface area (Å²) in [5.41, 5.74) is 6.36. The second-order valence-corrected chi connectivity index (χ2v) is 3.04. The maximum absolute atomic E-state index is 9.58. The molecule has 0 aromatic heterocycles. The van der Waals surface area contributed by atoms with Crippen molar-refractivity contribution in [3.8, 4) is 11.5 Å². The Bertz CT molecular complexity index is 301. The van der Waals surface area contributed by atoms with Gasteiger partial charge in [-0.25, -0.2) is 0 Å². The molecule has 0 fully saturated rings. The van der Waals surface area contributed by atoms with Crippen molar-refractivity contribution in [1.29, 1.82) is 0 Å². The molecule has 0 aliphatic heterocycles. The lowest BCUT2D eigenvalue weighted by atomic mass is 10.0. The zero-order chi connectivity index (χ0) is 10.6. The van der Waals surface area contributed by atoms with E-state index in [2.05, 4.69) is 0 Å². The van der Waals surface area contributed by atoms with Crippen LogP contribution in [-0.4, -0.2) is 23.9 Å². The number of aliphatic hydroxyl groups is 1. The molecule has 0 radical (unpaired) electrons. The van der Waals surface area contributed by atoms with E-state index in [1.54, 1.807) is 12.1 Å². The Morgan fingerprint density at radius 2 is 2.21 bits per heavy atom. The first-order valence-electron chi connectivity index (χ1n) is 4.42. The van der Waals surface area contributed by atoms with Crippen molar-refractivity contribution in [3.63, 3.8) is 0 Å². The molecule has 0 bridgehead atoms. The highest BCUT2D eigenvalue weighted by Crippen LogP contribution is 2.28. The van der Waals surface area contributed by atoms with Gasteiger partial charge in [0.15, 0.2) is 0 Å². The van der Waals surface area contributed by atoms with Crippen LogP contribution in [0.5, 0.6) is 11.5 Å². The molecule has 78 valence electrons. The predicted octanol–water partition coefficient (Wildman–Crippen LogP) is 0.783. The number of hydrogen-bond acceptors (Lipinski definition) is 4. The molecule has 4 N–H and O–H groups in total. The average Bonchev–Trinajstić information content (AvgIpc) is 2.17. The van der Waals surface area contributed by atoms with Gasteiger partial charge in [-0.2, -0.15) is 0 Å². The monoisotopic (exact) mass is 197 g/mol. The van der Waals surface area contributed by atoms with Gasteiger partial charge in [0.25, 0.3) is 0 Å². The molecule has 0 aliphatic rings. The lowest BCUT2D eigenvalue weighted by molar-refractivity contribution is 0.275. The van der Waals surface area contributed by atoms with Gasteiger partial charge >= 0.3 is 0 Å². The minimum Gasteiger partial charge on any atom is -0.507 e. The molecule has 0 spiro atoms. The Kier molecular flexibility index (Phi) is 3.73. The van der Waals surface area contributed by atoms with Crippen molar-refractivity contribution in [2.75, 3.05) is 13.7 Å². The first kappa shape index (κ1) is 10.8. The highest BCUT2D eigenvalue weighted by atomic mass is 16.5. The molecule has 0 heterocycles. The molecule has 0 amide bonds. The van der Waals surface area contributed by atoms with E-state index in [1.807, 2.05) is 0 Å². The third-order valence-corrected chi connectivity index (χ3v) is 2.08. The normalized spacial score (nSPS) is 12.5. The number of benzene rings is 1. The number of rotatable bonds is 4. The molecule has 4 nitrogen and oxygen atoms in total. The minimum absolute atomic E-state index is 0.00658. The van der Waals surface area contributed by atoms with E-state index in [0.717, 1.165) is 0 Å². The fourth-order valence-electron chi connectivity index (χ4n) is 1.26. The third kappa shape index (κ3) is 2.37. The van der Waals surface area contributed by atoms with Gasteiger partial charge in [-0.15, -0.1) is 0 Å². The molecule has 0 saturated heterocycles. The Hall–Kier alpha value is -1.26. The zero-order valence-corrected chi connectivity index (χ0v) is 8.10. The first-order valence-corrected chi connectivity index (χ1v) is 4.42. The number of ether oxygens (including phenoxy) is 1. The van der Waals surface area contributed by atoms with Crippen molar-refractivity contribution in [2.45, 2.75) is 12.5 Å². The number of aromatic hydroxyl groups is 1. The molecule has 0 unspecified atom stereocenters. The summed E-state index contributed by atoms with van der Waals surface area (Å²) in [5, 5.41) is 18.3. The summed E-state index contributed by atoms with van der Waals surface area (Å²) in [6, 6.07) is 4.60. The van der Waals surface area contributed by atoms with Crippen LogP contribution in [0.3, 0.4) is 0 Å². The second-order valence-electron chi connectivity index (χ2n) is 3.04. The molecular weight excluding hydrogens is 182 g/mol. The Labute approximate surface area is 82.9 Å². The largest absolute Gasteiger partial charge is 0.507 e. The van der Waals surface area contributed by atoms with Gasteiger partial charge in [-0.1, -0.05) is 6.07 Å². The van der Waals surface area contributed by atoms with E-state index in [-0.39, 0.29) is 18.4 Å². The van der Waals surface area contributed by atoms with Gasteiger partial charge in [0.05, 0.1) is 7.11 Å². The summed E-state index contributed by atoms with van der Waals surface area (Å²) in [7, 11) is 1.53. The molecule has 4 heteroatoms. The van der Waals surface area contributed by atoms with E-state index in [4.69, 9.17) is 15.6 Å². The van der Waals surface area contributed by atoms with Crippen LogP contribution in [0.15, 0.2) is 18.2 Å². The van der Waals surface area contributed by atoms with Crippen LogP contribution in [0.1, 0.15) is 18.0 Å². The molecule has 1 atom stereocenters. The van der Waals surface area contributed by atoms with Crippen LogP contribution < -0.4 is 10.5 Å². The van der Waals surface area contributed by atoms with Crippen molar-refractivity contribution < 1.29 is 14.9 Å². The number of hydrogen-bond donors (Lipinski definition) is 3. The molecule has 0 saturated carbocycles. The third-order valence-electron chi connectivity index (χ3n) is 2.08. The highest BCUT2D eigenvalue weighted by molar-refractivity contribution is 5.41. The molecule has 0 aliphatic carbocycles. The van der Waals surface area contributed by atoms with E-state index in [0.29, 0.717) is 17.7 Å². The van der Waals surface area contributed by atoms with Crippen LogP contribution in [0.2, 0.25) is 0 Å². The molecule has 1 aromatic carbocycles. The Morgan fingerprint density at radius 3 is 2.71 bits per heavy atom. The van der Waals surface area contributed by atoms with Crippen molar-refractivity contribution >= 4 is 0 Å². The molecular formula is C10H15NO3. The van der Waals surface area contributed by atoms with Gasteiger partial charge in [0, 0.05) is 24.3 Å². The summed E-state index contributed by atoms with van der Waals surface area (Å²) in [6.07, 6.45) is 0.430. The summed E-state index contributed by atoms with van der Waals surface area (Å²) in [5.74, 6) is 0.688. The molecule has 1 aromatic rings. The highest BCUT2D eigenvalue weighted by Gasteiger charge is 2.10. The minimum atomic E-state index is -0.342. The predicted molar refractivity (Wildman–Crippen MR) is 53.3 cm³/mol. The van der Waals surface area contributed by atoms with Gasteiger partial charge in [0.2, 0.25) is 0 Å². The maximum Gasteiger partial charge on any atom is 0.124 e. The van der Waals surface area contributed by atoms with Gasteiger partial charge in [-0.05, 0) is 12.5 Å². The van der Waals surface area contributed by atoms with Crippen LogP contribution in [-0.2, 0) is 0 Å². The lowest BCUT2D eigenvalue weighted by Crippen LogP contribution is -2.12. The van der Waals surface area contributed by atoms with Crippen LogP contribution in [0.4, 0.5) is 0 Å². The van der Waals surface area contributed by atoms with E-state index in [9.17, 15) is 5.11 Å². The smallest absolute Gasteiger partial charge is 0.124 e. The van der Waals surface area contributed by atoms with Crippen LogP contribution >= 0.6 is 0 Å². The lowest BCUT2D eigenvalue weighted by Gasteiger charge is -2.12. The zero-order valence-electron chi connectivity index (χ0n) is 8.10. The number of methoxy groups -OCH3 is 1. The Morgan fingerprint density at radius 1 is 1.50 bits per heavy atom. The van der Waals surface area contributed by atoms with Gasteiger partial charge in [-0.3, -0.25) is 0 Å². The van der Waals surface area contributed by atoms with Crippen molar-refractivity contribution in [3.05, 3.63) is 23.8 Å². The SMILES string of the molecule is COc1ccc([C@@H](N)CCO)c(O)c1. The standard InChI is InChI=1S/C10H15NO3/c1-14-7-2-3-8(10(13)6-7)9(11)4-5-12/h2-3,6,9,12-13H,4-5,11H2,1H3/t9-/m0/s1. The topological polar surface area (TPSA) is 75.7 Å². The van der Waals surface area contributed by atoms with Crippen LogP contribution in [0, 0.1) is 0 Å². The van der Waals surface area contributed by atoms with Crippen LogP contribution in [0.25, 0.3) is 0 Å². The van der Waals surface area contributed by atoms with Crippen molar-refractivity contribution in [1.82, 2.24) is 0 Å². The molecule has 1 rings (SSSR count). The average molecular weight is 197 g/mol.